The van der Waals surface area contributed by atoms with Crippen molar-refractivity contribution in [3.05, 3.63) is 40.9 Å². The lowest BCUT2D eigenvalue weighted by Gasteiger charge is -2.01. The fourth-order valence-corrected chi connectivity index (χ4v) is 1.71. The summed E-state index contributed by atoms with van der Waals surface area (Å²) in [7, 11) is 0. The van der Waals surface area contributed by atoms with Gasteiger partial charge in [-0.2, -0.15) is 0 Å². The molecule has 1 aromatic heterocycles. The van der Waals surface area contributed by atoms with Gasteiger partial charge in [0.1, 0.15) is 5.82 Å². The maximum absolute atomic E-state index is 13.3. The minimum Gasteiger partial charge on any atom is -0.220 e. The number of alkyl halides is 1. The summed E-state index contributed by atoms with van der Waals surface area (Å²) in [6, 6.07) is 4.52. The third-order valence-electron chi connectivity index (χ3n) is 2.36. The number of rotatable bonds is 3. The van der Waals surface area contributed by atoms with Gasteiger partial charge in [-0.25, -0.2) is 9.07 Å². The lowest BCUT2D eigenvalue weighted by Crippen LogP contribution is -1.95. The molecule has 2 aromatic rings. The van der Waals surface area contributed by atoms with E-state index in [1.807, 2.05) is 6.92 Å². The van der Waals surface area contributed by atoms with Crippen LogP contribution in [0.3, 0.4) is 0 Å². The fourth-order valence-electron chi connectivity index (χ4n) is 1.38. The quantitative estimate of drug-likeness (QED) is 0.803. The highest BCUT2D eigenvalue weighted by molar-refractivity contribution is 9.09. The van der Waals surface area contributed by atoms with Gasteiger partial charge in [0.05, 0.1) is 27.4 Å². The van der Waals surface area contributed by atoms with Crippen LogP contribution in [0.2, 0.25) is 5.02 Å². The van der Waals surface area contributed by atoms with Crippen molar-refractivity contribution in [1.82, 2.24) is 15.0 Å². The molecule has 17 heavy (non-hydrogen) atoms. The maximum Gasteiger partial charge on any atom is 0.143 e. The molecule has 0 radical (unpaired) electrons. The summed E-state index contributed by atoms with van der Waals surface area (Å²) in [6.07, 6.45) is 2.68. The molecule has 1 unspecified atom stereocenters. The number of halogens is 3. The molecule has 0 spiro atoms. The van der Waals surface area contributed by atoms with Crippen LogP contribution >= 0.6 is 27.5 Å². The van der Waals surface area contributed by atoms with E-state index in [4.69, 9.17) is 11.6 Å². The summed E-state index contributed by atoms with van der Waals surface area (Å²) < 4.78 is 14.8. The number of benzene rings is 1. The monoisotopic (exact) mass is 317 g/mol. The van der Waals surface area contributed by atoms with Crippen molar-refractivity contribution in [3.63, 3.8) is 0 Å². The second kappa shape index (κ2) is 5.14. The standard InChI is InChI=1S/C11H10BrClFN3/c1-2-8(12)11-6-17(16-15-11)7-3-4-9(13)10(14)5-7/h3-6,8H,2H2,1H3. The first-order chi connectivity index (χ1) is 8.11. The van der Waals surface area contributed by atoms with Crippen LogP contribution < -0.4 is 0 Å². The molecule has 0 aliphatic rings. The number of hydrogen-bond donors (Lipinski definition) is 0. The predicted molar refractivity (Wildman–Crippen MR) is 68.3 cm³/mol. The van der Waals surface area contributed by atoms with Crippen LogP contribution in [0.1, 0.15) is 23.9 Å². The Balaban J connectivity index is 2.33. The average Bonchev–Trinajstić information content (AvgIpc) is 2.81. The summed E-state index contributed by atoms with van der Waals surface area (Å²) in [5, 5.41) is 8.08. The first kappa shape index (κ1) is 12.5. The van der Waals surface area contributed by atoms with Crippen molar-refractivity contribution in [2.24, 2.45) is 0 Å². The summed E-state index contributed by atoms with van der Waals surface area (Å²) in [6.45, 7) is 2.04. The van der Waals surface area contributed by atoms with Gasteiger partial charge in [-0.15, -0.1) is 5.10 Å². The van der Waals surface area contributed by atoms with Crippen LogP contribution in [-0.4, -0.2) is 15.0 Å². The van der Waals surface area contributed by atoms with Crippen molar-refractivity contribution in [3.8, 4) is 5.69 Å². The predicted octanol–water partition coefficient (Wildman–Crippen LogP) is 3.91. The Bertz CT molecular complexity index is 529. The van der Waals surface area contributed by atoms with Crippen LogP contribution in [-0.2, 0) is 0 Å². The Kier molecular flexibility index (Phi) is 3.79. The van der Waals surface area contributed by atoms with Gasteiger partial charge >= 0.3 is 0 Å². The molecule has 2 rings (SSSR count). The summed E-state index contributed by atoms with van der Waals surface area (Å²) in [5.74, 6) is -0.466. The van der Waals surface area contributed by atoms with E-state index < -0.39 is 5.82 Å². The van der Waals surface area contributed by atoms with Crippen molar-refractivity contribution >= 4 is 27.5 Å². The Morgan fingerprint density at radius 2 is 2.29 bits per heavy atom. The normalized spacial score (nSPS) is 12.7. The largest absolute Gasteiger partial charge is 0.220 e. The molecule has 3 nitrogen and oxygen atoms in total. The molecular formula is C11H10BrClFN3. The summed E-state index contributed by atoms with van der Waals surface area (Å²) in [4.78, 5) is 0.161. The molecule has 0 bridgehead atoms. The van der Waals surface area contributed by atoms with E-state index in [-0.39, 0.29) is 9.85 Å². The highest BCUT2D eigenvalue weighted by Crippen LogP contribution is 2.24. The molecule has 0 amide bonds. The Labute approximate surface area is 112 Å². The summed E-state index contributed by atoms with van der Waals surface area (Å²) in [5.41, 5.74) is 1.42. The molecule has 0 fully saturated rings. The smallest absolute Gasteiger partial charge is 0.143 e. The van der Waals surface area contributed by atoms with Gasteiger partial charge in [0.15, 0.2) is 0 Å². The van der Waals surface area contributed by atoms with Gasteiger partial charge < -0.3 is 0 Å². The van der Waals surface area contributed by atoms with E-state index >= 15 is 0 Å². The third kappa shape index (κ3) is 2.66. The van der Waals surface area contributed by atoms with Gasteiger partial charge in [0, 0.05) is 6.07 Å². The highest BCUT2D eigenvalue weighted by atomic mass is 79.9. The van der Waals surface area contributed by atoms with E-state index in [9.17, 15) is 4.39 Å². The van der Waals surface area contributed by atoms with E-state index in [1.54, 1.807) is 12.3 Å². The van der Waals surface area contributed by atoms with E-state index in [0.29, 0.717) is 5.69 Å². The SMILES string of the molecule is CCC(Br)c1cn(-c2ccc(Cl)c(F)c2)nn1. The lowest BCUT2D eigenvalue weighted by molar-refractivity contribution is 0.625. The molecule has 0 saturated carbocycles. The second-order valence-corrected chi connectivity index (χ2v) is 5.07. The first-order valence-electron chi connectivity index (χ1n) is 5.13. The van der Waals surface area contributed by atoms with E-state index in [0.717, 1.165) is 12.1 Å². The maximum atomic E-state index is 13.3. The Hall–Kier alpha value is -0.940. The average molecular weight is 319 g/mol. The van der Waals surface area contributed by atoms with Crippen molar-refractivity contribution in [2.75, 3.05) is 0 Å². The second-order valence-electron chi connectivity index (χ2n) is 3.56. The Morgan fingerprint density at radius 1 is 1.53 bits per heavy atom. The molecule has 1 aromatic carbocycles. The Morgan fingerprint density at radius 3 is 2.94 bits per heavy atom. The van der Waals surface area contributed by atoms with Gasteiger partial charge in [-0.3, -0.25) is 0 Å². The van der Waals surface area contributed by atoms with E-state index in [1.165, 1.54) is 16.8 Å². The zero-order valence-corrected chi connectivity index (χ0v) is 11.4. The molecule has 0 aliphatic carbocycles. The van der Waals surface area contributed by atoms with Gasteiger partial charge in [-0.05, 0) is 18.6 Å². The van der Waals surface area contributed by atoms with Crippen LogP contribution in [0.15, 0.2) is 24.4 Å². The van der Waals surface area contributed by atoms with Crippen molar-refractivity contribution in [2.45, 2.75) is 18.2 Å². The molecule has 0 aliphatic heterocycles. The first-order valence-corrected chi connectivity index (χ1v) is 6.43. The molecular weight excluding hydrogens is 308 g/mol. The zero-order valence-electron chi connectivity index (χ0n) is 9.07. The topological polar surface area (TPSA) is 30.7 Å². The van der Waals surface area contributed by atoms with Gasteiger partial charge in [0.2, 0.25) is 0 Å². The van der Waals surface area contributed by atoms with Gasteiger partial charge in [0.25, 0.3) is 0 Å². The van der Waals surface area contributed by atoms with Crippen LogP contribution in [0.25, 0.3) is 5.69 Å². The van der Waals surface area contributed by atoms with Gasteiger partial charge in [-0.1, -0.05) is 39.7 Å². The number of aromatic nitrogens is 3. The minimum atomic E-state index is -0.466. The zero-order chi connectivity index (χ0) is 12.4. The molecule has 6 heteroatoms. The number of nitrogens with zero attached hydrogens (tertiary/aromatic N) is 3. The van der Waals surface area contributed by atoms with Crippen molar-refractivity contribution in [1.29, 1.82) is 0 Å². The van der Waals surface area contributed by atoms with Crippen molar-refractivity contribution < 1.29 is 4.39 Å². The summed E-state index contributed by atoms with van der Waals surface area (Å²) >= 11 is 9.10. The number of hydrogen-bond acceptors (Lipinski definition) is 2. The third-order valence-corrected chi connectivity index (χ3v) is 3.78. The molecule has 0 N–H and O–H groups in total. The fraction of sp³-hybridized carbons (Fsp3) is 0.273. The van der Waals surface area contributed by atoms with Crippen LogP contribution in [0.5, 0.6) is 0 Å². The molecule has 0 saturated heterocycles. The molecule has 1 heterocycles. The lowest BCUT2D eigenvalue weighted by atomic mass is 10.2. The molecule has 90 valence electrons. The highest BCUT2D eigenvalue weighted by Gasteiger charge is 2.11. The minimum absolute atomic E-state index is 0.0982. The van der Waals surface area contributed by atoms with Crippen LogP contribution in [0, 0.1) is 5.82 Å². The molecule has 1 atom stereocenters. The van der Waals surface area contributed by atoms with Crippen LogP contribution in [0.4, 0.5) is 4.39 Å². The van der Waals surface area contributed by atoms with E-state index in [2.05, 4.69) is 26.2 Å².